The molecule has 1 saturated carbocycles. The molecule has 1 aliphatic rings. The highest BCUT2D eigenvalue weighted by atomic mass is 35.5. The zero-order valence-electron chi connectivity index (χ0n) is 20.6. The number of ether oxygens (including phenoxy) is 1. The SMILES string of the molecule is C[N+](C)(CCCOc1cccc(Cl)c1Cl)Cc1cc(C(O)(c2ccccc2)C2CCCCC2)no1. The molecule has 188 valence electrons. The van der Waals surface area contributed by atoms with Crippen LogP contribution in [0.2, 0.25) is 10.0 Å². The molecule has 0 saturated heterocycles. The highest BCUT2D eigenvalue weighted by molar-refractivity contribution is 6.42. The Kier molecular flexibility index (Phi) is 8.43. The van der Waals surface area contributed by atoms with Crippen LogP contribution in [0.15, 0.2) is 59.1 Å². The standard InChI is InChI=1S/C28H35Cl2N2O3/c1-32(2,17-10-18-34-25-16-9-15-24(29)27(25)30)20-23-19-26(31-35-23)28(33,21-11-5-3-6-12-21)22-13-7-4-8-14-22/h3,5-6,9,11-12,15-16,19,22,33H,4,7-8,10,13-14,17-18,20H2,1-2H3/q+1. The van der Waals surface area contributed by atoms with Gasteiger partial charge in [0.25, 0.3) is 0 Å². The van der Waals surface area contributed by atoms with Crippen LogP contribution in [0.1, 0.15) is 55.5 Å². The predicted molar refractivity (Wildman–Crippen MR) is 140 cm³/mol. The lowest BCUT2D eigenvalue weighted by Crippen LogP contribution is -2.40. The van der Waals surface area contributed by atoms with E-state index in [-0.39, 0.29) is 5.92 Å². The Morgan fingerprint density at radius 3 is 2.54 bits per heavy atom. The highest BCUT2D eigenvalue weighted by Gasteiger charge is 2.43. The Morgan fingerprint density at radius 1 is 1.06 bits per heavy atom. The van der Waals surface area contributed by atoms with Crippen LogP contribution < -0.4 is 4.74 Å². The predicted octanol–water partition coefficient (Wildman–Crippen LogP) is 6.84. The molecule has 3 aromatic rings. The van der Waals surface area contributed by atoms with Crippen LogP contribution in [0.25, 0.3) is 0 Å². The molecule has 0 amide bonds. The van der Waals surface area contributed by atoms with Crippen molar-refractivity contribution in [3.8, 4) is 5.75 Å². The molecule has 0 radical (unpaired) electrons. The molecule has 0 bridgehead atoms. The first-order valence-electron chi connectivity index (χ1n) is 12.4. The topological polar surface area (TPSA) is 55.5 Å². The second-order valence-electron chi connectivity index (χ2n) is 10.2. The third kappa shape index (κ3) is 6.21. The number of quaternary nitrogens is 1. The zero-order chi connectivity index (χ0) is 24.9. The number of benzene rings is 2. The quantitative estimate of drug-likeness (QED) is 0.236. The Balaban J connectivity index is 1.41. The van der Waals surface area contributed by atoms with Crippen molar-refractivity contribution < 1.29 is 18.8 Å². The van der Waals surface area contributed by atoms with Crippen molar-refractivity contribution in [1.82, 2.24) is 5.16 Å². The summed E-state index contributed by atoms with van der Waals surface area (Å²) in [6.07, 6.45) is 6.32. The van der Waals surface area contributed by atoms with E-state index in [0.717, 1.165) is 50.0 Å². The van der Waals surface area contributed by atoms with Gasteiger partial charge in [0.05, 0.1) is 32.3 Å². The molecule has 1 heterocycles. The minimum absolute atomic E-state index is 0.134. The summed E-state index contributed by atoms with van der Waals surface area (Å²) in [5.74, 6) is 1.51. The van der Waals surface area contributed by atoms with Gasteiger partial charge in [0.1, 0.15) is 28.6 Å². The average Bonchev–Trinajstić information content (AvgIpc) is 3.33. The van der Waals surface area contributed by atoms with E-state index >= 15 is 0 Å². The number of aromatic nitrogens is 1. The molecule has 1 atom stereocenters. The summed E-state index contributed by atoms with van der Waals surface area (Å²) in [6, 6.07) is 17.3. The van der Waals surface area contributed by atoms with E-state index in [9.17, 15) is 5.11 Å². The molecule has 0 aliphatic heterocycles. The molecular weight excluding hydrogens is 483 g/mol. The molecule has 1 aromatic heterocycles. The van der Waals surface area contributed by atoms with Gasteiger partial charge in [0.2, 0.25) is 0 Å². The van der Waals surface area contributed by atoms with Crippen LogP contribution in [0.3, 0.4) is 0 Å². The summed E-state index contributed by atoms with van der Waals surface area (Å²) < 4.78 is 12.3. The van der Waals surface area contributed by atoms with Crippen molar-refractivity contribution in [3.05, 3.63) is 81.7 Å². The summed E-state index contributed by atoms with van der Waals surface area (Å²) >= 11 is 12.3. The highest BCUT2D eigenvalue weighted by Crippen LogP contribution is 2.43. The van der Waals surface area contributed by atoms with Crippen LogP contribution in [0.5, 0.6) is 5.75 Å². The zero-order valence-corrected chi connectivity index (χ0v) is 22.1. The maximum absolute atomic E-state index is 12.0. The van der Waals surface area contributed by atoms with Gasteiger partial charge in [-0.3, -0.25) is 0 Å². The Morgan fingerprint density at radius 2 is 1.80 bits per heavy atom. The summed E-state index contributed by atoms with van der Waals surface area (Å²) in [7, 11) is 4.30. The first-order chi connectivity index (χ1) is 16.8. The Hall–Kier alpha value is -2.05. The molecule has 1 fully saturated rings. The molecule has 4 rings (SSSR count). The first-order valence-corrected chi connectivity index (χ1v) is 13.2. The molecule has 0 spiro atoms. The number of rotatable bonds is 10. The van der Waals surface area contributed by atoms with Gasteiger partial charge in [0.15, 0.2) is 5.76 Å². The van der Waals surface area contributed by atoms with Gasteiger partial charge in [0, 0.05) is 12.5 Å². The molecule has 1 aliphatic carbocycles. The second-order valence-corrected chi connectivity index (χ2v) is 11.0. The van der Waals surface area contributed by atoms with Gasteiger partial charge < -0.3 is 18.8 Å². The largest absolute Gasteiger partial charge is 0.492 e. The third-order valence-electron chi connectivity index (χ3n) is 7.02. The number of hydrogen-bond acceptors (Lipinski definition) is 4. The van der Waals surface area contributed by atoms with E-state index in [2.05, 4.69) is 19.3 Å². The Bertz CT molecular complexity index is 1100. The van der Waals surface area contributed by atoms with Crippen molar-refractivity contribution in [2.24, 2.45) is 5.92 Å². The van der Waals surface area contributed by atoms with E-state index in [0.29, 0.717) is 39.1 Å². The molecule has 7 heteroatoms. The fourth-order valence-corrected chi connectivity index (χ4v) is 5.49. The van der Waals surface area contributed by atoms with Crippen molar-refractivity contribution in [2.75, 3.05) is 27.2 Å². The van der Waals surface area contributed by atoms with E-state index in [1.54, 1.807) is 6.07 Å². The van der Waals surface area contributed by atoms with Crippen molar-refractivity contribution in [3.63, 3.8) is 0 Å². The van der Waals surface area contributed by atoms with E-state index in [4.69, 9.17) is 32.5 Å². The molecule has 35 heavy (non-hydrogen) atoms. The summed E-state index contributed by atoms with van der Waals surface area (Å²) in [5, 5.41) is 17.4. The first kappa shape index (κ1) is 26.0. The molecule has 1 unspecified atom stereocenters. The number of aliphatic hydroxyl groups is 1. The minimum atomic E-state index is -1.13. The number of halogens is 2. The van der Waals surface area contributed by atoms with Crippen LogP contribution in [-0.2, 0) is 12.1 Å². The lowest BCUT2D eigenvalue weighted by Gasteiger charge is -2.37. The molecule has 2 aromatic carbocycles. The monoisotopic (exact) mass is 517 g/mol. The molecule has 1 N–H and O–H groups in total. The van der Waals surface area contributed by atoms with Gasteiger partial charge in [-0.2, -0.15) is 0 Å². The van der Waals surface area contributed by atoms with E-state index in [1.165, 1.54) is 6.42 Å². The second kappa shape index (κ2) is 11.3. The maximum Gasteiger partial charge on any atom is 0.191 e. The fourth-order valence-electron chi connectivity index (χ4n) is 5.14. The average molecular weight is 519 g/mol. The summed E-state index contributed by atoms with van der Waals surface area (Å²) in [6.45, 7) is 2.08. The van der Waals surface area contributed by atoms with Crippen molar-refractivity contribution in [2.45, 2.75) is 50.7 Å². The minimum Gasteiger partial charge on any atom is -0.492 e. The van der Waals surface area contributed by atoms with E-state index in [1.807, 2.05) is 48.5 Å². The molecular formula is C28H35Cl2N2O3+. The van der Waals surface area contributed by atoms with Crippen LogP contribution in [-0.4, -0.2) is 42.0 Å². The van der Waals surface area contributed by atoms with Crippen LogP contribution in [0.4, 0.5) is 0 Å². The maximum atomic E-state index is 12.0. The number of hydrogen-bond donors (Lipinski definition) is 1. The van der Waals surface area contributed by atoms with Gasteiger partial charge in [-0.1, -0.05) is 84.0 Å². The van der Waals surface area contributed by atoms with Crippen LogP contribution >= 0.6 is 23.2 Å². The smallest absolute Gasteiger partial charge is 0.191 e. The fraction of sp³-hybridized carbons (Fsp3) is 0.464. The van der Waals surface area contributed by atoms with Crippen molar-refractivity contribution in [1.29, 1.82) is 0 Å². The molecule has 5 nitrogen and oxygen atoms in total. The lowest BCUT2D eigenvalue weighted by atomic mass is 9.71. The van der Waals surface area contributed by atoms with E-state index < -0.39 is 5.60 Å². The van der Waals surface area contributed by atoms with Gasteiger partial charge in [-0.15, -0.1) is 0 Å². The lowest BCUT2D eigenvalue weighted by molar-refractivity contribution is -0.904. The van der Waals surface area contributed by atoms with Crippen molar-refractivity contribution >= 4 is 23.2 Å². The van der Waals surface area contributed by atoms with Crippen LogP contribution in [0, 0.1) is 5.92 Å². The summed E-state index contributed by atoms with van der Waals surface area (Å²) in [4.78, 5) is 0. The van der Waals surface area contributed by atoms with Gasteiger partial charge in [-0.25, -0.2) is 0 Å². The normalized spacial score (nSPS) is 16.7. The number of nitrogens with zero attached hydrogens (tertiary/aromatic N) is 2. The van der Waals surface area contributed by atoms with Gasteiger partial charge in [-0.05, 0) is 36.5 Å². The third-order valence-corrected chi connectivity index (χ3v) is 7.83. The summed E-state index contributed by atoms with van der Waals surface area (Å²) in [5.41, 5.74) is 0.367. The Labute approximate surface area is 218 Å². The van der Waals surface area contributed by atoms with Gasteiger partial charge >= 0.3 is 0 Å².